The topological polar surface area (TPSA) is 90.7 Å². The molecule has 0 aliphatic carbocycles. The lowest BCUT2D eigenvalue weighted by molar-refractivity contribution is 0.346. The van der Waals surface area contributed by atoms with Gasteiger partial charge in [0.05, 0.1) is 26.0 Å². The highest BCUT2D eigenvalue weighted by Gasteiger charge is 2.19. The summed E-state index contributed by atoms with van der Waals surface area (Å²) in [6.07, 6.45) is 1.56. The van der Waals surface area contributed by atoms with Crippen LogP contribution in [0.1, 0.15) is 18.0 Å². The summed E-state index contributed by atoms with van der Waals surface area (Å²) in [5.74, 6) is 6.69. The summed E-state index contributed by atoms with van der Waals surface area (Å²) in [7, 11) is 0.0377. The molecule has 3 N–H and O–H groups in total. The van der Waals surface area contributed by atoms with Gasteiger partial charge >= 0.3 is 0 Å². The molecule has 0 bridgehead atoms. The number of para-hydroxylation sites is 1. The second-order valence-electron chi connectivity index (χ2n) is 4.22. The van der Waals surface area contributed by atoms with Crippen LogP contribution in [-0.4, -0.2) is 34.6 Å². The van der Waals surface area contributed by atoms with E-state index in [1.165, 1.54) is 13.4 Å². The number of nitrogens with two attached hydrogens (primary N) is 1. The highest BCUT2D eigenvalue weighted by Crippen LogP contribution is 2.35. The van der Waals surface area contributed by atoms with Gasteiger partial charge in [-0.25, -0.2) is 8.42 Å². The fraction of sp³-hybridized carbons (Fsp3) is 0.500. The van der Waals surface area contributed by atoms with Crippen molar-refractivity contribution in [3.05, 3.63) is 23.8 Å². The fourth-order valence-corrected chi connectivity index (χ4v) is 2.51. The van der Waals surface area contributed by atoms with Gasteiger partial charge in [-0.1, -0.05) is 12.1 Å². The smallest absolute Gasteiger partial charge is 0.165 e. The number of nitrogens with one attached hydrogen (secondary N) is 1. The van der Waals surface area contributed by atoms with E-state index in [1.54, 1.807) is 13.2 Å². The summed E-state index contributed by atoms with van der Waals surface area (Å²) in [6, 6.07) is 5.09. The van der Waals surface area contributed by atoms with Gasteiger partial charge in [0, 0.05) is 11.8 Å². The zero-order valence-electron chi connectivity index (χ0n) is 11.3. The van der Waals surface area contributed by atoms with E-state index < -0.39 is 9.84 Å². The molecule has 6 nitrogen and oxygen atoms in total. The first-order valence-electron chi connectivity index (χ1n) is 5.77. The highest BCUT2D eigenvalue weighted by molar-refractivity contribution is 7.90. The first-order chi connectivity index (χ1) is 8.92. The predicted octanol–water partition coefficient (Wildman–Crippen LogP) is 0.643. The molecule has 1 rings (SSSR count). The third kappa shape index (κ3) is 4.38. The average Bonchev–Trinajstić information content (AvgIpc) is 2.37. The highest BCUT2D eigenvalue weighted by atomic mass is 32.2. The lowest BCUT2D eigenvalue weighted by atomic mass is 10.0. The minimum absolute atomic E-state index is 0.0439. The molecule has 0 fully saturated rings. The quantitative estimate of drug-likeness (QED) is 0.565. The zero-order chi connectivity index (χ0) is 14.5. The van der Waals surface area contributed by atoms with Gasteiger partial charge in [-0.15, -0.1) is 0 Å². The van der Waals surface area contributed by atoms with Crippen LogP contribution < -0.4 is 20.7 Å². The molecular weight excluding hydrogens is 268 g/mol. The summed E-state index contributed by atoms with van der Waals surface area (Å²) >= 11 is 0. The van der Waals surface area contributed by atoms with Gasteiger partial charge in [-0.2, -0.15) is 0 Å². The van der Waals surface area contributed by atoms with Gasteiger partial charge in [-0.3, -0.25) is 11.3 Å². The minimum atomic E-state index is -3.04. The second kappa shape index (κ2) is 6.74. The van der Waals surface area contributed by atoms with Crippen molar-refractivity contribution in [1.82, 2.24) is 5.43 Å². The van der Waals surface area contributed by atoms with Crippen LogP contribution in [0.25, 0.3) is 0 Å². The number of rotatable bonds is 7. The van der Waals surface area contributed by atoms with Gasteiger partial charge in [0.2, 0.25) is 0 Å². The van der Waals surface area contributed by atoms with Crippen LogP contribution in [0.2, 0.25) is 0 Å². The van der Waals surface area contributed by atoms with Gasteiger partial charge < -0.3 is 9.47 Å². The van der Waals surface area contributed by atoms with Crippen LogP contribution in [0.5, 0.6) is 11.5 Å². The Kier molecular flexibility index (Phi) is 5.59. The van der Waals surface area contributed by atoms with E-state index in [9.17, 15) is 8.42 Å². The van der Waals surface area contributed by atoms with Crippen molar-refractivity contribution in [2.75, 3.05) is 26.2 Å². The second-order valence-corrected chi connectivity index (χ2v) is 6.48. The summed E-state index contributed by atoms with van der Waals surface area (Å²) in [4.78, 5) is 0. The Morgan fingerprint density at radius 3 is 2.47 bits per heavy atom. The molecule has 0 saturated heterocycles. The van der Waals surface area contributed by atoms with E-state index in [4.69, 9.17) is 15.3 Å². The molecule has 1 aromatic rings. The monoisotopic (exact) mass is 288 g/mol. The van der Waals surface area contributed by atoms with Crippen molar-refractivity contribution in [1.29, 1.82) is 0 Å². The molecule has 0 radical (unpaired) electrons. The Labute approximate surface area is 113 Å². The number of ether oxygens (including phenoxy) is 2. The molecule has 0 aromatic heterocycles. The van der Waals surface area contributed by atoms with Crippen LogP contribution in [-0.2, 0) is 9.84 Å². The Morgan fingerprint density at radius 2 is 2.00 bits per heavy atom. The Hall–Kier alpha value is -1.31. The Morgan fingerprint density at radius 1 is 1.32 bits per heavy atom. The maximum absolute atomic E-state index is 11.2. The number of hydrogen-bond donors (Lipinski definition) is 2. The molecule has 0 heterocycles. The van der Waals surface area contributed by atoms with Gasteiger partial charge in [0.15, 0.2) is 11.5 Å². The summed E-state index contributed by atoms with van der Waals surface area (Å²) in [6.45, 7) is 0. The number of sulfone groups is 1. The number of benzene rings is 1. The molecule has 1 aromatic carbocycles. The maximum atomic E-state index is 11.2. The summed E-state index contributed by atoms with van der Waals surface area (Å²) < 4.78 is 33.0. The van der Waals surface area contributed by atoms with Crippen LogP contribution in [0.15, 0.2) is 18.2 Å². The molecule has 1 atom stereocenters. The molecule has 1 unspecified atom stereocenters. The van der Waals surface area contributed by atoms with Gasteiger partial charge in [0.25, 0.3) is 0 Å². The Bertz CT molecular complexity index is 516. The number of methoxy groups -OCH3 is 2. The van der Waals surface area contributed by atoms with Crippen molar-refractivity contribution in [3.63, 3.8) is 0 Å². The molecule has 19 heavy (non-hydrogen) atoms. The molecule has 0 spiro atoms. The van der Waals surface area contributed by atoms with Crippen LogP contribution in [0.3, 0.4) is 0 Å². The molecular formula is C12H20N2O4S. The van der Waals surface area contributed by atoms with E-state index in [0.717, 1.165) is 5.56 Å². The third-order valence-electron chi connectivity index (χ3n) is 2.79. The van der Waals surface area contributed by atoms with E-state index in [1.807, 2.05) is 12.1 Å². The predicted molar refractivity (Wildman–Crippen MR) is 73.9 cm³/mol. The SMILES string of the molecule is COc1cccc(C(CCS(C)(=O)=O)NN)c1OC. The zero-order valence-corrected chi connectivity index (χ0v) is 12.2. The molecule has 7 heteroatoms. The largest absolute Gasteiger partial charge is 0.493 e. The van der Waals surface area contributed by atoms with Crippen LogP contribution >= 0.6 is 0 Å². The first-order valence-corrected chi connectivity index (χ1v) is 7.83. The average molecular weight is 288 g/mol. The molecule has 0 amide bonds. The standard InChI is InChI=1S/C12H20N2O4S/c1-17-11-6-4-5-9(12(11)18-2)10(14-13)7-8-19(3,15)16/h4-6,10,14H,7-8,13H2,1-3H3. The molecule has 0 aliphatic rings. The van der Waals surface area contributed by atoms with Crippen molar-refractivity contribution in [3.8, 4) is 11.5 Å². The first kappa shape index (κ1) is 15.7. The van der Waals surface area contributed by atoms with E-state index in [-0.39, 0.29) is 11.8 Å². The minimum Gasteiger partial charge on any atom is -0.493 e. The Balaban J connectivity index is 3.04. The van der Waals surface area contributed by atoms with E-state index in [2.05, 4.69) is 5.43 Å². The number of hydrazine groups is 1. The lowest BCUT2D eigenvalue weighted by Gasteiger charge is -2.20. The van der Waals surface area contributed by atoms with Crippen molar-refractivity contribution in [2.45, 2.75) is 12.5 Å². The molecule has 108 valence electrons. The maximum Gasteiger partial charge on any atom is 0.165 e. The van der Waals surface area contributed by atoms with Crippen LogP contribution in [0, 0.1) is 0 Å². The van der Waals surface area contributed by atoms with Crippen molar-refractivity contribution < 1.29 is 17.9 Å². The third-order valence-corrected chi connectivity index (χ3v) is 3.76. The van der Waals surface area contributed by atoms with Crippen molar-refractivity contribution in [2.24, 2.45) is 5.84 Å². The summed E-state index contributed by atoms with van der Waals surface area (Å²) in [5.41, 5.74) is 3.39. The van der Waals surface area contributed by atoms with E-state index in [0.29, 0.717) is 17.9 Å². The molecule has 0 aliphatic heterocycles. The summed E-state index contributed by atoms with van der Waals surface area (Å²) in [5, 5.41) is 0. The molecule has 0 saturated carbocycles. The normalized spacial score (nSPS) is 13.1. The van der Waals surface area contributed by atoms with Crippen molar-refractivity contribution >= 4 is 9.84 Å². The van der Waals surface area contributed by atoms with Crippen LogP contribution in [0.4, 0.5) is 0 Å². The van der Waals surface area contributed by atoms with Gasteiger partial charge in [0.1, 0.15) is 9.84 Å². The lowest BCUT2D eigenvalue weighted by Crippen LogP contribution is -2.30. The fourth-order valence-electron chi connectivity index (χ4n) is 1.85. The van der Waals surface area contributed by atoms with Gasteiger partial charge in [-0.05, 0) is 12.5 Å². The number of hydrogen-bond acceptors (Lipinski definition) is 6. The van der Waals surface area contributed by atoms with E-state index >= 15 is 0 Å².